The minimum atomic E-state index is -0.950. The van der Waals surface area contributed by atoms with Gasteiger partial charge in [-0.05, 0) is 18.6 Å². The second-order valence-electron chi connectivity index (χ2n) is 4.60. The van der Waals surface area contributed by atoms with Gasteiger partial charge >= 0.3 is 5.97 Å². The summed E-state index contributed by atoms with van der Waals surface area (Å²) >= 11 is 0. The molecule has 0 amide bonds. The van der Waals surface area contributed by atoms with Crippen LogP contribution in [-0.2, 0) is 17.6 Å². The Morgan fingerprint density at radius 2 is 2.29 bits per heavy atom. The standard InChI is InChI=1S/C13H13N5O3/c1-2-3-9-14-13(21-17-9)8-4-5-18-10(6-8)15-16-11(18)7-12(19)20/h4-6H,2-3,7H2,1H3,(H,19,20). The van der Waals surface area contributed by atoms with Crippen molar-refractivity contribution in [1.82, 2.24) is 24.7 Å². The number of hydrogen-bond donors (Lipinski definition) is 1. The highest BCUT2D eigenvalue weighted by atomic mass is 16.5. The number of nitrogens with zero attached hydrogens (tertiary/aromatic N) is 5. The Morgan fingerprint density at radius 1 is 1.43 bits per heavy atom. The van der Waals surface area contributed by atoms with Crippen molar-refractivity contribution in [2.75, 3.05) is 0 Å². The highest BCUT2D eigenvalue weighted by Crippen LogP contribution is 2.19. The first-order valence-electron chi connectivity index (χ1n) is 6.56. The monoisotopic (exact) mass is 287 g/mol. The number of rotatable bonds is 5. The first-order valence-corrected chi connectivity index (χ1v) is 6.56. The lowest BCUT2D eigenvalue weighted by Crippen LogP contribution is -2.04. The minimum Gasteiger partial charge on any atom is -0.481 e. The second kappa shape index (κ2) is 5.31. The molecular formula is C13H13N5O3. The molecule has 0 radical (unpaired) electrons. The van der Waals surface area contributed by atoms with Crippen LogP contribution in [0.1, 0.15) is 25.0 Å². The molecule has 8 nitrogen and oxygen atoms in total. The SMILES string of the molecule is CCCc1noc(-c2ccn3c(CC(=O)O)nnc3c2)n1. The molecule has 0 aliphatic rings. The van der Waals surface area contributed by atoms with Crippen molar-refractivity contribution in [3.05, 3.63) is 30.0 Å². The Balaban J connectivity index is 1.95. The van der Waals surface area contributed by atoms with Gasteiger partial charge in [-0.1, -0.05) is 12.1 Å². The maximum Gasteiger partial charge on any atom is 0.311 e. The molecule has 0 bridgehead atoms. The van der Waals surface area contributed by atoms with Crippen LogP contribution < -0.4 is 0 Å². The number of carboxylic acids is 1. The molecule has 0 spiro atoms. The first kappa shape index (κ1) is 13.2. The van der Waals surface area contributed by atoms with E-state index in [0.29, 0.717) is 23.2 Å². The van der Waals surface area contributed by atoms with E-state index >= 15 is 0 Å². The normalized spacial score (nSPS) is 11.1. The van der Waals surface area contributed by atoms with Crippen LogP contribution in [0.3, 0.4) is 0 Å². The molecule has 0 saturated heterocycles. The molecule has 3 aromatic heterocycles. The van der Waals surface area contributed by atoms with Crippen molar-refractivity contribution in [3.63, 3.8) is 0 Å². The fourth-order valence-electron chi connectivity index (χ4n) is 2.03. The van der Waals surface area contributed by atoms with Gasteiger partial charge in [-0.2, -0.15) is 4.98 Å². The molecule has 1 N–H and O–H groups in total. The van der Waals surface area contributed by atoms with Crippen LogP contribution >= 0.6 is 0 Å². The highest BCUT2D eigenvalue weighted by molar-refractivity contribution is 5.69. The summed E-state index contributed by atoms with van der Waals surface area (Å²) in [7, 11) is 0. The molecule has 0 aromatic carbocycles. The molecule has 0 saturated carbocycles. The Morgan fingerprint density at radius 3 is 3.05 bits per heavy atom. The van der Waals surface area contributed by atoms with Crippen LogP contribution in [0.15, 0.2) is 22.9 Å². The van der Waals surface area contributed by atoms with Crippen LogP contribution in [0.5, 0.6) is 0 Å². The van der Waals surface area contributed by atoms with Crippen LogP contribution in [0.4, 0.5) is 0 Å². The van der Waals surface area contributed by atoms with E-state index in [-0.39, 0.29) is 6.42 Å². The Kier molecular flexibility index (Phi) is 3.35. The van der Waals surface area contributed by atoms with Crippen molar-refractivity contribution in [3.8, 4) is 11.5 Å². The zero-order chi connectivity index (χ0) is 14.8. The lowest BCUT2D eigenvalue weighted by molar-refractivity contribution is -0.136. The van der Waals surface area contributed by atoms with E-state index in [1.165, 1.54) is 0 Å². The van der Waals surface area contributed by atoms with E-state index in [1.54, 1.807) is 22.7 Å². The van der Waals surface area contributed by atoms with Crippen LogP contribution in [0, 0.1) is 0 Å². The molecule has 0 atom stereocenters. The van der Waals surface area contributed by atoms with E-state index in [1.807, 2.05) is 6.92 Å². The minimum absolute atomic E-state index is 0.179. The van der Waals surface area contributed by atoms with E-state index in [9.17, 15) is 4.79 Å². The Labute approximate surface area is 119 Å². The lowest BCUT2D eigenvalue weighted by Gasteiger charge is -1.98. The summed E-state index contributed by atoms with van der Waals surface area (Å²) in [6.45, 7) is 2.04. The fourth-order valence-corrected chi connectivity index (χ4v) is 2.03. The zero-order valence-electron chi connectivity index (χ0n) is 11.4. The number of pyridine rings is 1. The summed E-state index contributed by atoms with van der Waals surface area (Å²) in [5.41, 5.74) is 1.27. The third-order valence-corrected chi connectivity index (χ3v) is 2.98. The number of aliphatic carboxylic acids is 1. The van der Waals surface area contributed by atoms with Crippen molar-refractivity contribution >= 4 is 11.6 Å². The summed E-state index contributed by atoms with van der Waals surface area (Å²) in [5, 5.41) is 20.5. The number of hydrogen-bond acceptors (Lipinski definition) is 6. The van der Waals surface area contributed by atoms with E-state index in [0.717, 1.165) is 18.4 Å². The van der Waals surface area contributed by atoms with Crippen LogP contribution in [0.2, 0.25) is 0 Å². The maximum absolute atomic E-state index is 10.7. The maximum atomic E-state index is 10.7. The third kappa shape index (κ3) is 2.60. The van der Waals surface area contributed by atoms with Gasteiger partial charge in [0.15, 0.2) is 11.5 Å². The van der Waals surface area contributed by atoms with Gasteiger partial charge in [0.1, 0.15) is 12.2 Å². The fraction of sp³-hybridized carbons (Fsp3) is 0.308. The number of aromatic nitrogens is 5. The van der Waals surface area contributed by atoms with Gasteiger partial charge in [0.05, 0.1) is 0 Å². The van der Waals surface area contributed by atoms with Gasteiger partial charge in [-0.3, -0.25) is 9.20 Å². The van der Waals surface area contributed by atoms with Crippen molar-refractivity contribution in [2.24, 2.45) is 0 Å². The molecule has 0 aliphatic heterocycles. The molecule has 3 rings (SSSR count). The quantitative estimate of drug-likeness (QED) is 0.755. The van der Waals surface area contributed by atoms with Gasteiger partial charge in [-0.15, -0.1) is 10.2 Å². The highest BCUT2D eigenvalue weighted by Gasteiger charge is 2.13. The first-order chi connectivity index (χ1) is 10.2. The van der Waals surface area contributed by atoms with Crippen molar-refractivity contribution < 1.29 is 14.4 Å². The molecule has 108 valence electrons. The zero-order valence-corrected chi connectivity index (χ0v) is 11.4. The van der Waals surface area contributed by atoms with Crippen molar-refractivity contribution in [2.45, 2.75) is 26.2 Å². The number of carbonyl (C=O) groups is 1. The van der Waals surface area contributed by atoms with Gasteiger partial charge < -0.3 is 9.63 Å². The predicted octanol–water partition coefficient (Wildman–Crippen LogP) is 1.36. The van der Waals surface area contributed by atoms with Gasteiger partial charge in [0.25, 0.3) is 5.89 Å². The topological polar surface area (TPSA) is 106 Å². The largest absolute Gasteiger partial charge is 0.481 e. The number of aryl methyl sites for hydroxylation is 1. The summed E-state index contributed by atoms with van der Waals surface area (Å²) in [6.07, 6.45) is 3.23. The smallest absolute Gasteiger partial charge is 0.311 e. The summed E-state index contributed by atoms with van der Waals surface area (Å²) in [4.78, 5) is 15.1. The number of fused-ring (bicyclic) bond motifs is 1. The van der Waals surface area contributed by atoms with Crippen molar-refractivity contribution in [1.29, 1.82) is 0 Å². The lowest BCUT2D eigenvalue weighted by atomic mass is 10.2. The molecule has 21 heavy (non-hydrogen) atoms. The second-order valence-corrected chi connectivity index (χ2v) is 4.60. The number of carboxylic acid groups (broad SMARTS) is 1. The average Bonchev–Trinajstić information content (AvgIpc) is 3.06. The molecular weight excluding hydrogens is 274 g/mol. The Hall–Kier alpha value is -2.77. The van der Waals surface area contributed by atoms with Crippen LogP contribution in [-0.4, -0.2) is 35.8 Å². The molecule has 8 heteroatoms. The predicted molar refractivity (Wildman–Crippen MR) is 71.6 cm³/mol. The third-order valence-electron chi connectivity index (χ3n) is 2.98. The molecule has 0 fully saturated rings. The van der Waals surface area contributed by atoms with Gasteiger partial charge in [-0.25, -0.2) is 0 Å². The van der Waals surface area contributed by atoms with E-state index < -0.39 is 5.97 Å². The van der Waals surface area contributed by atoms with E-state index in [4.69, 9.17) is 9.63 Å². The average molecular weight is 287 g/mol. The summed E-state index contributed by atoms with van der Waals surface area (Å²) in [6, 6.07) is 3.51. The molecule has 3 heterocycles. The molecule has 0 unspecified atom stereocenters. The summed E-state index contributed by atoms with van der Waals surface area (Å²) < 4.78 is 6.84. The molecule has 3 aromatic rings. The van der Waals surface area contributed by atoms with E-state index in [2.05, 4.69) is 20.3 Å². The van der Waals surface area contributed by atoms with Crippen LogP contribution in [0.25, 0.3) is 17.1 Å². The van der Waals surface area contributed by atoms with Gasteiger partial charge in [0.2, 0.25) is 0 Å². The Bertz CT molecular complexity index is 792. The molecule has 0 aliphatic carbocycles. The van der Waals surface area contributed by atoms with Gasteiger partial charge in [0, 0.05) is 18.2 Å². The summed E-state index contributed by atoms with van der Waals surface area (Å²) in [5.74, 6) is 0.514.